The normalized spacial score (nSPS) is 10.8. The lowest BCUT2D eigenvalue weighted by Crippen LogP contribution is -2.00. The van der Waals surface area contributed by atoms with Crippen LogP contribution in [0.1, 0.15) is 40.8 Å². The lowest BCUT2D eigenvalue weighted by atomic mass is 10.2. The van der Waals surface area contributed by atoms with Gasteiger partial charge in [0.15, 0.2) is 0 Å². The maximum atomic E-state index is 10.8. The summed E-state index contributed by atoms with van der Waals surface area (Å²) in [5, 5.41) is 12.0. The van der Waals surface area contributed by atoms with Gasteiger partial charge in [-0.2, -0.15) is 0 Å². The van der Waals surface area contributed by atoms with E-state index in [1.165, 1.54) is 12.1 Å². The van der Waals surface area contributed by atoms with Crippen molar-refractivity contribution in [2.45, 2.75) is 26.4 Å². The van der Waals surface area contributed by atoms with Crippen LogP contribution in [0.4, 0.5) is 0 Å². The second-order valence-corrected chi connectivity index (χ2v) is 6.31. The van der Waals surface area contributed by atoms with Crippen LogP contribution in [-0.4, -0.2) is 16.1 Å². The number of rotatable bonds is 5. The zero-order chi connectivity index (χ0) is 14.7. The molecular formula is C14H14BrNO3S. The molecule has 4 nitrogen and oxygen atoms in total. The molecule has 1 aromatic carbocycles. The fourth-order valence-corrected chi connectivity index (χ4v) is 2.87. The molecule has 0 radical (unpaired) electrons. The SMILES string of the molecule is CC(C)c1nc(COc2ccc(C(=O)O)cc2Br)cs1. The fraction of sp³-hybridized carbons (Fsp3) is 0.286. The standard InChI is InChI=1S/C14H14BrNO3S/c1-8(2)13-16-10(7-20-13)6-19-12-4-3-9(14(17)18)5-11(12)15/h3-5,7-8H,6H2,1-2H3,(H,17,18). The fourth-order valence-electron chi connectivity index (χ4n) is 1.56. The van der Waals surface area contributed by atoms with Crippen LogP contribution in [0.3, 0.4) is 0 Å². The highest BCUT2D eigenvalue weighted by molar-refractivity contribution is 9.10. The van der Waals surface area contributed by atoms with Crippen LogP contribution in [-0.2, 0) is 6.61 Å². The van der Waals surface area contributed by atoms with Crippen LogP contribution in [0.25, 0.3) is 0 Å². The molecular weight excluding hydrogens is 342 g/mol. The van der Waals surface area contributed by atoms with E-state index in [4.69, 9.17) is 9.84 Å². The van der Waals surface area contributed by atoms with Gasteiger partial charge < -0.3 is 9.84 Å². The number of aromatic nitrogens is 1. The third-order valence-corrected chi connectivity index (χ3v) is 4.43. The molecule has 0 bridgehead atoms. The Hall–Kier alpha value is -1.40. The Labute approximate surface area is 129 Å². The third kappa shape index (κ3) is 3.58. The van der Waals surface area contributed by atoms with Crippen molar-refractivity contribution >= 4 is 33.2 Å². The molecule has 0 aliphatic rings. The molecule has 0 saturated heterocycles. The summed E-state index contributed by atoms with van der Waals surface area (Å²) < 4.78 is 6.28. The number of thiazole rings is 1. The Bertz CT molecular complexity index is 625. The number of carboxylic acid groups (broad SMARTS) is 1. The number of aromatic carboxylic acids is 1. The Morgan fingerprint density at radius 3 is 2.80 bits per heavy atom. The minimum Gasteiger partial charge on any atom is -0.486 e. The summed E-state index contributed by atoms with van der Waals surface area (Å²) in [7, 11) is 0. The minimum atomic E-state index is -0.960. The summed E-state index contributed by atoms with van der Waals surface area (Å²) in [5.41, 5.74) is 1.10. The summed E-state index contributed by atoms with van der Waals surface area (Å²) in [4.78, 5) is 15.3. The lowest BCUT2D eigenvalue weighted by Gasteiger charge is -2.07. The first-order valence-corrected chi connectivity index (χ1v) is 7.74. The molecule has 0 atom stereocenters. The Kier molecular flexibility index (Phi) is 4.77. The van der Waals surface area contributed by atoms with Gasteiger partial charge in [-0.15, -0.1) is 11.3 Å². The Morgan fingerprint density at radius 1 is 1.50 bits per heavy atom. The van der Waals surface area contributed by atoms with Crippen LogP contribution in [0.5, 0.6) is 5.75 Å². The summed E-state index contributed by atoms with van der Waals surface area (Å²) in [6.07, 6.45) is 0. The first kappa shape index (κ1) is 15.0. The zero-order valence-electron chi connectivity index (χ0n) is 11.1. The average Bonchev–Trinajstić information content (AvgIpc) is 2.86. The highest BCUT2D eigenvalue weighted by atomic mass is 79.9. The number of ether oxygens (including phenoxy) is 1. The summed E-state index contributed by atoms with van der Waals surface area (Å²) in [6, 6.07) is 4.69. The third-order valence-electron chi connectivity index (χ3n) is 2.62. The van der Waals surface area contributed by atoms with Crippen LogP contribution < -0.4 is 4.74 Å². The van der Waals surface area contributed by atoms with Crippen molar-refractivity contribution in [3.05, 3.63) is 44.3 Å². The van der Waals surface area contributed by atoms with E-state index in [2.05, 4.69) is 34.8 Å². The topological polar surface area (TPSA) is 59.4 Å². The van der Waals surface area contributed by atoms with Gasteiger partial charge in [-0.3, -0.25) is 0 Å². The van der Waals surface area contributed by atoms with Crippen molar-refractivity contribution in [3.8, 4) is 5.75 Å². The molecule has 0 saturated carbocycles. The van der Waals surface area contributed by atoms with Gasteiger partial charge in [0.1, 0.15) is 12.4 Å². The number of benzene rings is 1. The Morgan fingerprint density at radius 2 is 2.25 bits per heavy atom. The number of hydrogen-bond acceptors (Lipinski definition) is 4. The molecule has 0 aliphatic heterocycles. The van der Waals surface area contributed by atoms with Gasteiger partial charge in [-0.05, 0) is 34.1 Å². The molecule has 20 heavy (non-hydrogen) atoms. The zero-order valence-corrected chi connectivity index (χ0v) is 13.5. The molecule has 2 rings (SSSR count). The Balaban J connectivity index is 2.05. The smallest absolute Gasteiger partial charge is 0.335 e. The molecule has 6 heteroatoms. The first-order chi connectivity index (χ1) is 9.47. The molecule has 1 heterocycles. The summed E-state index contributed by atoms with van der Waals surface area (Å²) in [5.74, 6) is 0.0581. The molecule has 1 N–H and O–H groups in total. The van der Waals surface area contributed by atoms with Crippen molar-refractivity contribution in [1.29, 1.82) is 0 Å². The maximum Gasteiger partial charge on any atom is 0.335 e. The van der Waals surface area contributed by atoms with Crippen molar-refractivity contribution in [2.24, 2.45) is 0 Å². The molecule has 0 spiro atoms. The molecule has 2 aromatic rings. The number of carbonyl (C=O) groups is 1. The number of halogens is 1. The predicted octanol–water partition coefficient (Wildman–Crippen LogP) is 4.31. The summed E-state index contributed by atoms with van der Waals surface area (Å²) >= 11 is 4.93. The van der Waals surface area contributed by atoms with Crippen molar-refractivity contribution in [1.82, 2.24) is 4.98 Å². The monoisotopic (exact) mass is 355 g/mol. The van der Waals surface area contributed by atoms with Gasteiger partial charge in [0.25, 0.3) is 0 Å². The maximum absolute atomic E-state index is 10.8. The second kappa shape index (κ2) is 6.37. The summed E-state index contributed by atoms with van der Waals surface area (Å²) in [6.45, 7) is 4.57. The van der Waals surface area contributed by atoms with Crippen LogP contribution in [0, 0.1) is 0 Å². The van der Waals surface area contributed by atoms with Gasteiger partial charge in [-0.1, -0.05) is 13.8 Å². The number of nitrogens with zero attached hydrogens (tertiary/aromatic N) is 1. The van der Waals surface area contributed by atoms with E-state index in [-0.39, 0.29) is 5.56 Å². The van der Waals surface area contributed by atoms with E-state index in [0.717, 1.165) is 10.7 Å². The van der Waals surface area contributed by atoms with E-state index in [9.17, 15) is 4.79 Å². The highest BCUT2D eigenvalue weighted by Crippen LogP contribution is 2.27. The van der Waals surface area contributed by atoms with Gasteiger partial charge >= 0.3 is 5.97 Å². The van der Waals surface area contributed by atoms with E-state index >= 15 is 0 Å². The molecule has 0 aliphatic carbocycles. The van der Waals surface area contributed by atoms with E-state index < -0.39 is 5.97 Å². The van der Waals surface area contributed by atoms with E-state index in [1.54, 1.807) is 17.4 Å². The van der Waals surface area contributed by atoms with Gasteiger partial charge in [0.2, 0.25) is 0 Å². The molecule has 0 fully saturated rings. The molecule has 0 unspecified atom stereocenters. The highest BCUT2D eigenvalue weighted by Gasteiger charge is 2.09. The second-order valence-electron chi connectivity index (χ2n) is 4.57. The number of hydrogen-bond donors (Lipinski definition) is 1. The largest absolute Gasteiger partial charge is 0.486 e. The van der Waals surface area contributed by atoms with Gasteiger partial charge in [0, 0.05) is 11.3 Å². The quantitative estimate of drug-likeness (QED) is 0.868. The average molecular weight is 356 g/mol. The van der Waals surface area contributed by atoms with Crippen LogP contribution >= 0.6 is 27.3 Å². The lowest BCUT2D eigenvalue weighted by molar-refractivity contribution is 0.0696. The molecule has 106 valence electrons. The van der Waals surface area contributed by atoms with Gasteiger partial charge in [0.05, 0.1) is 20.7 Å². The van der Waals surface area contributed by atoms with E-state index in [1.807, 2.05) is 5.38 Å². The minimum absolute atomic E-state index is 0.222. The van der Waals surface area contributed by atoms with Crippen LogP contribution in [0.2, 0.25) is 0 Å². The van der Waals surface area contributed by atoms with E-state index in [0.29, 0.717) is 22.7 Å². The molecule has 1 aromatic heterocycles. The van der Waals surface area contributed by atoms with Crippen molar-refractivity contribution in [2.75, 3.05) is 0 Å². The number of carboxylic acids is 1. The van der Waals surface area contributed by atoms with Crippen molar-refractivity contribution in [3.63, 3.8) is 0 Å². The first-order valence-electron chi connectivity index (χ1n) is 6.07. The van der Waals surface area contributed by atoms with Crippen LogP contribution in [0.15, 0.2) is 28.1 Å². The van der Waals surface area contributed by atoms with Crippen molar-refractivity contribution < 1.29 is 14.6 Å². The molecule has 0 amide bonds. The van der Waals surface area contributed by atoms with Gasteiger partial charge in [-0.25, -0.2) is 9.78 Å². The predicted molar refractivity (Wildman–Crippen MR) is 81.6 cm³/mol.